The Hall–Kier alpha value is -4.53. The van der Waals surface area contributed by atoms with E-state index in [1.165, 1.54) is 6.07 Å². The van der Waals surface area contributed by atoms with Crippen molar-refractivity contribution in [1.29, 1.82) is 0 Å². The van der Waals surface area contributed by atoms with Crippen LogP contribution in [0.5, 0.6) is 11.5 Å². The summed E-state index contributed by atoms with van der Waals surface area (Å²) in [6.45, 7) is 1.99. The number of aliphatic hydroxyl groups is 1. The minimum atomic E-state index is -2.93. The molecule has 0 aliphatic carbocycles. The lowest BCUT2D eigenvalue weighted by atomic mass is 10.0. The number of alkyl halides is 2. The monoisotopic (exact) mass is 612 g/mol. The predicted octanol–water partition coefficient (Wildman–Crippen LogP) is 7.01. The first-order valence-corrected chi connectivity index (χ1v) is 15.1. The van der Waals surface area contributed by atoms with E-state index in [1.807, 2.05) is 85.8 Å². The van der Waals surface area contributed by atoms with Crippen molar-refractivity contribution in [3.8, 4) is 11.5 Å². The number of pyridine rings is 1. The molecule has 0 fully saturated rings. The van der Waals surface area contributed by atoms with Gasteiger partial charge in [0.1, 0.15) is 18.1 Å². The van der Waals surface area contributed by atoms with Crippen molar-refractivity contribution in [1.82, 2.24) is 10.3 Å². The van der Waals surface area contributed by atoms with Crippen LogP contribution in [0.25, 0.3) is 10.9 Å². The fourth-order valence-electron chi connectivity index (χ4n) is 5.20. The highest BCUT2D eigenvalue weighted by Gasteiger charge is 2.29. The Morgan fingerprint density at radius 3 is 2.22 bits per heavy atom. The van der Waals surface area contributed by atoms with Crippen molar-refractivity contribution < 1.29 is 23.4 Å². The smallest absolute Gasteiger partial charge is 0.281 e. The fourth-order valence-corrected chi connectivity index (χ4v) is 5.20. The number of benzene rings is 4. The molecule has 0 radical (unpaired) electrons. The highest BCUT2D eigenvalue weighted by Crippen LogP contribution is 2.30. The van der Waals surface area contributed by atoms with Crippen LogP contribution < -0.4 is 20.3 Å². The molecule has 0 aliphatic heterocycles. The van der Waals surface area contributed by atoms with Crippen LogP contribution in [0.1, 0.15) is 41.7 Å². The number of hydrogen-bond donors (Lipinski definition) is 3. The van der Waals surface area contributed by atoms with E-state index in [0.29, 0.717) is 54.0 Å². The Kier molecular flexibility index (Phi) is 10.6. The van der Waals surface area contributed by atoms with Gasteiger partial charge in [-0.15, -0.1) is 0 Å². The molecule has 1 unspecified atom stereocenters. The highest BCUT2D eigenvalue weighted by molar-refractivity contribution is 5.87. The first-order valence-electron chi connectivity index (χ1n) is 15.1. The molecule has 2 atom stereocenters. The number of hydrogen-bond acceptors (Lipinski definition) is 5. The lowest BCUT2D eigenvalue weighted by Crippen LogP contribution is -2.32. The van der Waals surface area contributed by atoms with E-state index in [2.05, 4.69) is 10.3 Å². The summed E-state index contributed by atoms with van der Waals surface area (Å²) in [7, 11) is 0. The van der Waals surface area contributed by atoms with Crippen molar-refractivity contribution in [3.05, 3.63) is 142 Å². The van der Waals surface area contributed by atoms with Crippen LogP contribution in [-0.2, 0) is 19.4 Å². The van der Waals surface area contributed by atoms with Gasteiger partial charge in [0, 0.05) is 30.5 Å². The number of aliphatic hydroxyl groups excluding tert-OH is 1. The number of halogens is 2. The van der Waals surface area contributed by atoms with Gasteiger partial charge in [0.2, 0.25) is 5.56 Å². The Bertz CT molecular complexity index is 1710. The van der Waals surface area contributed by atoms with Gasteiger partial charge >= 0.3 is 0 Å². The molecule has 0 spiro atoms. The summed E-state index contributed by atoms with van der Waals surface area (Å²) in [6.07, 6.45) is -0.145. The van der Waals surface area contributed by atoms with Crippen molar-refractivity contribution in [2.75, 3.05) is 13.2 Å². The maximum absolute atomic E-state index is 14.4. The van der Waals surface area contributed by atoms with E-state index in [1.54, 1.807) is 24.3 Å². The van der Waals surface area contributed by atoms with Crippen molar-refractivity contribution in [2.24, 2.45) is 0 Å². The van der Waals surface area contributed by atoms with Crippen molar-refractivity contribution in [3.63, 3.8) is 0 Å². The molecule has 6 nitrogen and oxygen atoms in total. The molecular formula is C37H38F2N2O4. The first kappa shape index (κ1) is 31.9. The van der Waals surface area contributed by atoms with Crippen LogP contribution in [-0.4, -0.2) is 35.2 Å². The maximum Gasteiger partial charge on any atom is 0.281 e. The van der Waals surface area contributed by atoms with Crippen LogP contribution in [0.2, 0.25) is 0 Å². The molecule has 45 heavy (non-hydrogen) atoms. The normalized spacial score (nSPS) is 13.0. The van der Waals surface area contributed by atoms with Gasteiger partial charge in [0.25, 0.3) is 5.92 Å². The third-order valence-corrected chi connectivity index (χ3v) is 7.68. The molecule has 4 aromatic carbocycles. The standard InChI is InChI=1S/C37H38F2N2O4/c1-26(22-28-12-14-30(15-13-28)45-25-37(38,39)21-20-27-8-4-2-5-9-27)40-23-33(42)31-16-18-34(36-32(31)17-19-35(43)41-36)44-24-29-10-6-3-7-11-29/h2-19,26,33,40,42H,20-25H2,1H3,(H,41,43)/t26?,33-/m1/s1. The zero-order chi connectivity index (χ0) is 31.6. The second kappa shape index (κ2) is 15.0. The van der Waals surface area contributed by atoms with Crippen LogP contribution >= 0.6 is 0 Å². The molecule has 0 amide bonds. The molecular weight excluding hydrogens is 574 g/mol. The predicted molar refractivity (Wildman–Crippen MR) is 173 cm³/mol. The fraction of sp³-hybridized carbons (Fsp3) is 0.270. The Morgan fingerprint density at radius 1 is 0.822 bits per heavy atom. The van der Waals surface area contributed by atoms with Crippen LogP contribution in [0.15, 0.2) is 114 Å². The van der Waals surface area contributed by atoms with E-state index in [0.717, 1.165) is 16.7 Å². The number of fused-ring (bicyclic) bond motifs is 1. The van der Waals surface area contributed by atoms with E-state index in [9.17, 15) is 18.7 Å². The second-order valence-corrected chi connectivity index (χ2v) is 11.3. The summed E-state index contributed by atoms with van der Waals surface area (Å²) < 4.78 is 40.2. The lowest BCUT2D eigenvalue weighted by Gasteiger charge is -2.20. The average molecular weight is 613 g/mol. The number of aromatic amines is 1. The van der Waals surface area contributed by atoms with E-state index < -0.39 is 18.6 Å². The van der Waals surface area contributed by atoms with Gasteiger partial charge in [-0.05, 0) is 66.3 Å². The number of aryl methyl sites for hydroxylation is 1. The van der Waals surface area contributed by atoms with Crippen LogP contribution in [0.3, 0.4) is 0 Å². The summed E-state index contributed by atoms with van der Waals surface area (Å²) in [5.74, 6) is -1.99. The van der Waals surface area contributed by atoms with Crippen LogP contribution in [0, 0.1) is 0 Å². The Balaban J connectivity index is 1.12. The van der Waals surface area contributed by atoms with E-state index >= 15 is 0 Å². The van der Waals surface area contributed by atoms with E-state index in [-0.39, 0.29) is 18.0 Å². The number of nitrogens with one attached hydrogen (secondary N) is 2. The second-order valence-electron chi connectivity index (χ2n) is 11.3. The van der Waals surface area contributed by atoms with Gasteiger partial charge in [-0.1, -0.05) is 78.9 Å². The molecule has 234 valence electrons. The number of aromatic nitrogens is 1. The molecule has 5 aromatic rings. The zero-order valence-corrected chi connectivity index (χ0v) is 25.2. The summed E-state index contributed by atoms with van der Waals surface area (Å²) >= 11 is 0. The molecule has 0 saturated carbocycles. The minimum Gasteiger partial charge on any atom is -0.487 e. The van der Waals surface area contributed by atoms with Gasteiger partial charge < -0.3 is 24.9 Å². The first-order chi connectivity index (χ1) is 21.8. The molecule has 0 saturated heterocycles. The third-order valence-electron chi connectivity index (χ3n) is 7.68. The largest absolute Gasteiger partial charge is 0.487 e. The molecule has 5 rings (SSSR count). The van der Waals surface area contributed by atoms with Crippen molar-refractivity contribution in [2.45, 2.75) is 50.9 Å². The molecule has 1 aromatic heterocycles. The molecule has 3 N–H and O–H groups in total. The number of ether oxygens (including phenoxy) is 2. The molecule has 0 aliphatic rings. The zero-order valence-electron chi connectivity index (χ0n) is 25.2. The van der Waals surface area contributed by atoms with Crippen molar-refractivity contribution >= 4 is 10.9 Å². The molecule has 8 heteroatoms. The van der Waals surface area contributed by atoms with Gasteiger partial charge in [0.15, 0.2) is 6.61 Å². The topological polar surface area (TPSA) is 83.6 Å². The average Bonchev–Trinajstić information content (AvgIpc) is 3.06. The van der Waals surface area contributed by atoms with Gasteiger partial charge in [-0.25, -0.2) is 8.78 Å². The van der Waals surface area contributed by atoms with Gasteiger partial charge in [-0.3, -0.25) is 4.79 Å². The summed E-state index contributed by atoms with van der Waals surface area (Å²) in [5, 5.41) is 15.2. The molecule has 0 bridgehead atoms. The summed E-state index contributed by atoms with van der Waals surface area (Å²) in [4.78, 5) is 15.0. The molecule has 1 heterocycles. The quantitative estimate of drug-likeness (QED) is 0.119. The Labute approximate surface area is 261 Å². The van der Waals surface area contributed by atoms with Gasteiger partial charge in [0.05, 0.1) is 11.6 Å². The van der Waals surface area contributed by atoms with Crippen LogP contribution in [0.4, 0.5) is 8.78 Å². The van der Waals surface area contributed by atoms with E-state index in [4.69, 9.17) is 9.47 Å². The highest BCUT2D eigenvalue weighted by atomic mass is 19.3. The number of H-pyrrole nitrogens is 1. The maximum atomic E-state index is 14.4. The Morgan fingerprint density at radius 2 is 1.51 bits per heavy atom. The summed E-state index contributed by atoms with van der Waals surface area (Å²) in [5.41, 5.74) is 3.86. The third kappa shape index (κ3) is 9.23. The van der Waals surface area contributed by atoms with Gasteiger partial charge in [-0.2, -0.15) is 0 Å². The minimum absolute atomic E-state index is 0.0216. The SMILES string of the molecule is CC(Cc1ccc(OCC(F)(F)CCc2ccccc2)cc1)NC[C@@H](O)c1ccc(OCc2ccccc2)c2[nH]c(=O)ccc12. The summed E-state index contributed by atoms with van der Waals surface area (Å²) in [6, 6.07) is 32.9. The number of rotatable bonds is 15. The lowest BCUT2D eigenvalue weighted by molar-refractivity contribution is -0.0473.